The van der Waals surface area contributed by atoms with Gasteiger partial charge in [0.2, 0.25) is 5.91 Å². The van der Waals surface area contributed by atoms with Crippen LogP contribution in [0.4, 0.5) is 10.5 Å². The monoisotopic (exact) mass is 344 g/mol. The second-order valence-corrected chi connectivity index (χ2v) is 7.36. The van der Waals surface area contributed by atoms with Gasteiger partial charge in [0.1, 0.15) is 6.54 Å². The molecule has 0 aromatic heterocycles. The van der Waals surface area contributed by atoms with E-state index in [-0.39, 0.29) is 24.5 Å². The van der Waals surface area contributed by atoms with Crippen LogP contribution < -0.4 is 10.2 Å². The number of carbonyl (C=O) groups is 2. The van der Waals surface area contributed by atoms with Gasteiger partial charge in [-0.15, -0.1) is 0 Å². The first-order chi connectivity index (χ1) is 11.9. The second kappa shape index (κ2) is 7.44. The minimum Gasteiger partial charge on any atom is -0.334 e. The summed E-state index contributed by atoms with van der Waals surface area (Å²) in [6.07, 6.45) is 2.10. The number of hydrogen-bond acceptors (Lipinski definition) is 3. The van der Waals surface area contributed by atoms with Crippen molar-refractivity contribution in [1.29, 1.82) is 0 Å². The van der Waals surface area contributed by atoms with Gasteiger partial charge in [-0.1, -0.05) is 6.07 Å². The van der Waals surface area contributed by atoms with E-state index in [1.807, 2.05) is 26.0 Å². The lowest BCUT2D eigenvalue weighted by Gasteiger charge is -2.36. The van der Waals surface area contributed by atoms with Gasteiger partial charge >= 0.3 is 6.03 Å². The molecule has 1 aromatic rings. The summed E-state index contributed by atoms with van der Waals surface area (Å²) in [5, 5.41) is 3.09. The summed E-state index contributed by atoms with van der Waals surface area (Å²) in [5.41, 5.74) is 3.21. The Morgan fingerprint density at radius 2 is 1.84 bits per heavy atom. The third-order valence-electron chi connectivity index (χ3n) is 4.98. The number of aryl methyl sites for hydroxylation is 2. The van der Waals surface area contributed by atoms with Crippen molar-refractivity contribution in [2.75, 3.05) is 44.7 Å². The fourth-order valence-corrected chi connectivity index (χ4v) is 3.78. The number of likely N-dealkylation sites (tertiary alicyclic amines) is 1. The number of nitrogens with one attached hydrogen (secondary N) is 1. The molecule has 2 aliphatic rings. The van der Waals surface area contributed by atoms with Crippen LogP contribution in [0.25, 0.3) is 0 Å². The highest BCUT2D eigenvalue weighted by molar-refractivity contribution is 5.97. The number of benzene rings is 1. The van der Waals surface area contributed by atoms with E-state index in [1.165, 1.54) is 0 Å². The van der Waals surface area contributed by atoms with Gasteiger partial charge in [0.15, 0.2) is 0 Å². The molecule has 2 fully saturated rings. The van der Waals surface area contributed by atoms with Crippen LogP contribution in [-0.2, 0) is 4.79 Å². The summed E-state index contributed by atoms with van der Waals surface area (Å²) < 4.78 is 0. The number of rotatable bonds is 2. The van der Waals surface area contributed by atoms with Gasteiger partial charge in [0.05, 0.1) is 0 Å². The lowest BCUT2D eigenvalue weighted by molar-refractivity contribution is -0.120. The molecule has 136 valence electrons. The predicted octanol–water partition coefficient (Wildman–Crippen LogP) is 1.76. The Labute approximate surface area is 149 Å². The molecule has 1 atom stereocenters. The summed E-state index contributed by atoms with van der Waals surface area (Å²) in [6, 6.07) is 6.21. The number of anilines is 1. The number of nitrogens with zero attached hydrogens (tertiary/aromatic N) is 3. The van der Waals surface area contributed by atoms with E-state index in [0.29, 0.717) is 13.1 Å². The molecule has 3 rings (SSSR count). The molecule has 6 heteroatoms. The average Bonchev–Trinajstić information content (AvgIpc) is 2.53. The Balaban J connectivity index is 1.59. The van der Waals surface area contributed by atoms with Gasteiger partial charge in [-0.25, -0.2) is 4.79 Å². The van der Waals surface area contributed by atoms with E-state index in [1.54, 1.807) is 9.80 Å². The maximum absolute atomic E-state index is 12.6. The van der Waals surface area contributed by atoms with E-state index in [2.05, 4.69) is 23.3 Å². The first-order valence-corrected chi connectivity index (χ1v) is 9.05. The highest BCUT2D eigenvalue weighted by Gasteiger charge is 2.29. The molecule has 0 unspecified atom stereocenters. The topological polar surface area (TPSA) is 55.9 Å². The van der Waals surface area contributed by atoms with Crippen molar-refractivity contribution in [3.05, 3.63) is 29.3 Å². The largest absolute Gasteiger partial charge is 0.334 e. The van der Waals surface area contributed by atoms with Gasteiger partial charge in [-0.2, -0.15) is 0 Å². The fraction of sp³-hybridized carbons (Fsp3) is 0.579. The van der Waals surface area contributed by atoms with E-state index >= 15 is 0 Å². The zero-order chi connectivity index (χ0) is 18.0. The summed E-state index contributed by atoms with van der Waals surface area (Å²) in [4.78, 5) is 30.7. The lowest BCUT2D eigenvalue weighted by atomic mass is 10.1. The van der Waals surface area contributed by atoms with Crippen molar-refractivity contribution in [3.63, 3.8) is 0 Å². The molecule has 25 heavy (non-hydrogen) atoms. The minimum atomic E-state index is -0.117. The maximum atomic E-state index is 12.6. The molecule has 1 N–H and O–H groups in total. The van der Waals surface area contributed by atoms with Crippen LogP contribution in [0.5, 0.6) is 0 Å². The molecule has 6 nitrogen and oxygen atoms in total. The Morgan fingerprint density at radius 1 is 1.12 bits per heavy atom. The Bertz CT molecular complexity index is 641. The Hall–Kier alpha value is -2.08. The normalized spacial score (nSPS) is 22.2. The maximum Gasteiger partial charge on any atom is 0.318 e. The summed E-state index contributed by atoms with van der Waals surface area (Å²) in [7, 11) is 2.07. The summed E-state index contributed by atoms with van der Waals surface area (Å²) in [6.45, 7) is 7.27. The second-order valence-electron chi connectivity index (χ2n) is 7.36. The quantitative estimate of drug-likeness (QED) is 0.889. The smallest absolute Gasteiger partial charge is 0.318 e. The molecular weight excluding hydrogens is 316 g/mol. The van der Waals surface area contributed by atoms with Gasteiger partial charge in [0.25, 0.3) is 0 Å². The molecule has 2 aliphatic heterocycles. The number of piperidine rings is 1. The van der Waals surface area contributed by atoms with Crippen molar-refractivity contribution >= 4 is 17.6 Å². The van der Waals surface area contributed by atoms with Gasteiger partial charge in [-0.05, 0) is 63.5 Å². The first kappa shape index (κ1) is 17.7. The molecule has 2 saturated heterocycles. The first-order valence-electron chi connectivity index (χ1n) is 9.05. The number of likely N-dealkylation sites (N-methyl/N-ethyl adjacent to an activating group) is 1. The molecule has 0 radical (unpaired) electrons. The SMILES string of the molecule is Cc1cc(C)cc(N2CCN(C(=O)N[C@@H]3CCCN(C)C3)CC2=O)c1. The zero-order valence-corrected chi connectivity index (χ0v) is 15.4. The van der Waals surface area contributed by atoms with Gasteiger partial charge in [0, 0.05) is 31.4 Å². The van der Waals surface area contributed by atoms with Crippen molar-refractivity contribution in [2.45, 2.75) is 32.7 Å². The molecule has 0 bridgehead atoms. The lowest BCUT2D eigenvalue weighted by Crippen LogP contribution is -2.57. The number of urea groups is 1. The highest BCUT2D eigenvalue weighted by Crippen LogP contribution is 2.21. The van der Waals surface area contributed by atoms with Crippen LogP contribution in [0.1, 0.15) is 24.0 Å². The van der Waals surface area contributed by atoms with E-state index in [9.17, 15) is 9.59 Å². The van der Waals surface area contributed by atoms with Crippen molar-refractivity contribution in [3.8, 4) is 0 Å². The van der Waals surface area contributed by atoms with E-state index in [4.69, 9.17) is 0 Å². The summed E-state index contributed by atoms with van der Waals surface area (Å²) >= 11 is 0. The minimum absolute atomic E-state index is 0.0211. The molecular formula is C19H28N4O2. The summed E-state index contributed by atoms with van der Waals surface area (Å²) in [5.74, 6) is -0.0211. The Kier molecular flexibility index (Phi) is 5.27. The number of amides is 3. The highest BCUT2D eigenvalue weighted by atomic mass is 16.2. The van der Waals surface area contributed by atoms with Crippen LogP contribution in [0.15, 0.2) is 18.2 Å². The third-order valence-corrected chi connectivity index (χ3v) is 4.98. The average molecular weight is 344 g/mol. The number of carbonyl (C=O) groups excluding carboxylic acids is 2. The van der Waals surface area contributed by atoms with E-state index < -0.39 is 0 Å². The van der Waals surface area contributed by atoms with Crippen LogP contribution in [0, 0.1) is 13.8 Å². The van der Waals surface area contributed by atoms with Crippen LogP contribution >= 0.6 is 0 Å². The van der Waals surface area contributed by atoms with Crippen LogP contribution in [-0.4, -0.2) is 67.6 Å². The number of piperazine rings is 1. The molecule has 1 aromatic carbocycles. The van der Waals surface area contributed by atoms with Crippen molar-refractivity contribution in [2.24, 2.45) is 0 Å². The van der Waals surface area contributed by atoms with Gasteiger partial charge in [-0.3, -0.25) is 4.79 Å². The molecule has 0 spiro atoms. The fourth-order valence-electron chi connectivity index (χ4n) is 3.78. The standard InChI is InChI=1S/C19H28N4O2/c1-14-9-15(2)11-17(10-14)23-8-7-22(13-18(23)24)19(25)20-16-5-4-6-21(3)12-16/h9-11,16H,4-8,12-13H2,1-3H3,(H,20,25)/t16-/m1/s1. The third kappa shape index (κ3) is 4.31. The van der Waals surface area contributed by atoms with Crippen molar-refractivity contribution in [1.82, 2.24) is 15.1 Å². The molecule has 2 heterocycles. The molecule has 0 saturated carbocycles. The predicted molar refractivity (Wildman–Crippen MR) is 98.9 cm³/mol. The van der Waals surface area contributed by atoms with E-state index in [0.717, 1.165) is 42.7 Å². The van der Waals surface area contributed by atoms with Gasteiger partial charge < -0.3 is 20.0 Å². The molecule has 3 amide bonds. The molecule has 0 aliphatic carbocycles. The zero-order valence-electron chi connectivity index (χ0n) is 15.4. The van der Waals surface area contributed by atoms with Crippen LogP contribution in [0.3, 0.4) is 0 Å². The number of hydrogen-bond donors (Lipinski definition) is 1. The van der Waals surface area contributed by atoms with Crippen molar-refractivity contribution < 1.29 is 9.59 Å². The van der Waals surface area contributed by atoms with Crippen LogP contribution in [0.2, 0.25) is 0 Å². The Morgan fingerprint density at radius 3 is 2.48 bits per heavy atom.